The van der Waals surface area contributed by atoms with Crippen LogP contribution >= 0.6 is 0 Å². The molecule has 0 atom stereocenters. The molecule has 0 saturated carbocycles. The lowest BCUT2D eigenvalue weighted by atomic mass is 10.0. The van der Waals surface area contributed by atoms with Crippen molar-refractivity contribution < 1.29 is 4.74 Å². The molecule has 0 unspecified atom stereocenters. The molecule has 0 radical (unpaired) electrons. The molecule has 2 N–H and O–H groups in total. The van der Waals surface area contributed by atoms with Gasteiger partial charge in [-0.05, 0) is 55.4 Å². The highest BCUT2D eigenvalue weighted by Gasteiger charge is 2.11. The summed E-state index contributed by atoms with van der Waals surface area (Å²) in [5.74, 6) is 2.19. The molecular weight excluding hydrogens is 348 g/mol. The number of H-pyrrole nitrogens is 1. The van der Waals surface area contributed by atoms with Gasteiger partial charge < -0.3 is 10.1 Å². The first kappa shape index (κ1) is 20.1. The highest BCUT2D eigenvalue weighted by molar-refractivity contribution is 5.66. The Kier molecular flexibility index (Phi) is 6.85. The largest absolute Gasteiger partial charge is 0.457 e. The second-order valence-electron chi connectivity index (χ2n) is 7.44. The third kappa shape index (κ3) is 5.21. The smallest absolute Gasteiger partial charge is 0.127 e. The third-order valence-electron chi connectivity index (χ3n) is 4.81. The van der Waals surface area contributed by atoms with Gasteiger partial charge in [-0.15, -0.1) is 0 Å². The van der Waals surface area contributed by atoms with Crippen LogP contribution in [0.25, 0.3) is 11.1 Å². The highest BCUT2D eigenvalue weighted by Crippen LogP contribution is 2.29. The summed E-state index contributed by atoms with van der Waals surface area (Å²) in [6.45, 7) is 7.12. The second-order valence-corrected chi connectivity index (χ2v) is 7.44. The topological polar surface area (TPSA) is 53.2 Å². The summed E-state index contributed by atoms with van der Waals surface area (Å²) in [4.78, 5) is 2.26. The normalized spacial score (nSPS) is 11.4. The fourth-order valence-corrected chi connectivity index (χ4v) is 3.10. The maximum atomic E-state index is 6.04. The Balaban J connectivity index is 1.70. The molecule has 5 heteroatoms. The lowest BCUT2D eigenvalue weighted by Crippen LogP contribution is -2.27. The molecule has 28 heavy (non-hydrogen) atoms. The lowest BCUT2D eigenvalue weighted by Gasteiger charge is -2.15. The van der Waals surface area contributed by atoms with Crippen LogP contribution in [0.2, 0.25) is 0 Å². The maximum absolute atomic E-state index is 6.04. The summed E-state index contributed by atoms with van der Waals surface area (Å²) in [5, 5.41) is 10.6. The Morgan fingerprint density at radius 2 is 1.89 bits per heavy atom. The SMILES string of the molecule is CNCCN(C)Cc1n[nH]cc1-c1ccc(Oc2cccc(C(C)C)c2)cc1. The predicted octanol–water partition coefficient (Wildman–Crippen LogP) is 4.64. The van der Waals surface area contributed by atoms with E-state index in [1.165, 1.54) is 5.56 Å². The van der Waals surface area contributed by atoms with Crippen LogP contribution in [0.3, 0.4) is 0 Å². The molecule has 1 heterocycles. The average Bonchev–Trinajstić information content (AvgIpc) is 3.15. The lowest BCUT2D eigenvalue weighted by molar-refractivity contribution is 0.324. The summed E-state index contributed by atoms with van der Waals surface area (Å²) in [6.07, 6.45) is 1.96. The van der Waals surface area contributed by atoms with E-state index < -0.39 is 0 Å². The van der Waals surface area contributed by atoms with Crippen LogP contribution in [0.1, 0.15) is 31.0 Å². The van der Waals surface area contributed by atoms with Gasteiger partial charge in [0.25, 0.3) is 0 Å². The first-order chi connectivity index (χ1) is 13.6. The minimum atomic E-state index is 0.483. The summed E-state index contributed by atoms with van der Waals surface area (Å²) in [5.41, 5.74) is 4.59. The van der Waals surface area contributed by atoms with Crippen molar-refractivity contribution in [1.82, 2.24) is 20.4 Å². The molecule has 148 valence electrons. The van der Waals surface area contributed by atoms with Crippen molar-refractivity contribution in [3.63, 3.8) is 0 Å². The van der Waals surface area contributed by atoms with E-state index in [0.29, 0.717) is 5.92 Å². The molecule has 3 rings (SSSR count). The zero-order valence-electron chi connectivity index (χ0n) is 17.2. The first-order valence-corrected chi connectivity index (χ1v) is 9.81. The van der Waals surface area contributed by atoms with Crippen LogP contribution in [0.15, 0.2) is 54.7 Å². The third-order valence-corrected chi connectivity index (χ3v) is 4.81. The molecule has 3 aromatic rings. The molecular formula is C23H30N4O. The van der Waals surface area contributed by atoms with E-state index in [-0.39, 0.29) is 0 Å². The fraction of sp³-hybridized carbons (Fsp3) is 0.348. The number of hydrogen-bond acceptors (Lipinski definition) is 4. The van der Waals surface area contributed by atoms with Crippen LogP contribution in [0.4, 0.5) is 0 Å². The van der Waals surface area contributed by atoms with E-state index in [9.17, 15) is 0 Å². The predicted molar refractivity (Wildman–Crippen MR) is 115 cm³/mol. The highest BCUT2D eigenvalue weighted by atomic mass is 16.5. The zero-order valence-corrected chi connectivity index (χ0v) is 17.2. The van der Waals surface area contributed by atoms with Gasteiger partial charge in [-0.1, -0.05) is 38.1 Å². The van der Waals surface area contributed by atoms with Gasteiger partial charge in [0.2, 0.25) is 0 Å². The van der Waals surface area contributed by atoms with Gasteiger partial charge >= 0.3 is 0 Å². The van der Waals surface area contributed by atoms with Crippen LogP contribution in [0, 0.1) is 0 Å². The maximum Gasteiger partial charge on any atom is 0.127 e. The molecule has 0 fully saturated rings. The number of nitrogens with one attached hydrogen (secondary N) is 2. The number of ether oxygens (including phenoxy) is 1. The molecule has 0 aliphatic heterocycles. The molecule has 0 spiro atoms. The molecule has 0 aliphatic rings. The van der Waals surface area contributed by atoms with Crippen molar-refractivity contribution in [3.05, 3.63) is 66.0 Å². The summed E-state index contributed by atoms with van der Waals surface area (Å²) >= 11 is 0. The number of nitrogens with zero attached hydrogens (tertiary/aromatic N) is 2. The van der Waals surface area contributed by atoms with Gasteiger partial charge in [-0.2, -0.15) is 5.10 Å². The number of hydrogen-bond donors (Lipinski definition) is 2. The van der Waals surface area contributed by atoms with Gasteiger partial charge in [-0.25, -0.2) is 0 Å². The molecule has 1 aromatic heterocycles. The van der Waals surface area contributed by atoms with Gasteiger partial charge in [0, 0.05) is 31.4 Å². The molecule has 0 aliphatic carbocycles. The zero-order chi connectivity index (χ0) is 19.9. The van der Waals surface area contributed by atoms with Crippen molar-refractivity contribution in [1.29, 1.82) is 0 Å². The molecule has 5 nitrogen and oxygen atoms in total. The Bertz CT molecular complexity index is 870. The van der Waals surface area contributed by atoms with Crippen LogP contribution in [-0.4, -0.2) is 42.3 Å². The summed E-state index contributed by atoms with van der Waals surface area (Å²) in [7, 11) is 4.08. The van der Waals surface area contributed by atoms with Crippen molar-refractivity contribution in [2.75, 3.05) is 27.2 Å². The average molecular weight is 379 g/mol. The molecule has 0 saturated heterocycles. The van der Waals surface area contributed by atoms with Gasteiger partial charge in [0.1, 0.15) is 11.5 Å². The van der Waals surface area contributed by atoms with Gasteiger partial charge in [0.15, 0.2) is 0 Å². The number of rotatable bonds is 9. The van der Waals surface area contributed by atoms with E-state index in [1.54, 1.807) is 0 Å². The van der Waals surface area contributed by atoms with Crippen LogP contribution in [-0.2, 0) is 6.54 Å². The summed E-state index contributed by atoms with van der Waals surface area (Å²) in [6, 6.07) is 16.5. The van der Waals surface area contributed by atoms with Crippen LogP contribution < -0.4 is 10.1 Å². The van der Waals surface area contributed by atoms with E-state index in [1.807, 2.05) is 37.5 Å². The van der Waals surface area contributed by atoms with Crippen molar-refractivity contribution in [3.8, 4) is 22.6 Å². The minimum absolute atomic E-state index is 0.483. The molecule has 0 amide bonds. The van der Waals surface area contributed by atoms with Crippen molar-refractivity contribution in [2.45, 2.75) is 26.3 Å². The second kappa shape index (κ2) is 9.53. The van der Waals surface area contributed by atoms with Crippen molar-refractivity contribution >= 4 is 0 Å². The van der Waals surface area contributed by atoms with Crippen LogP contribution in [0.5, 0.6) is 11.5 Å². The first-order valence-electron chi connectivity index (χ1n) is 9.81. The van der Waals surface area contributed by atoms with E-state index in [4.69, 9.17) is 4.74 Å². The number of aromatic nitrogens is 2. The van der Waals surface area contributed by atoms with Gasteiger partial charge in [-0.3, -0.25) is 10.00 Å². The fourth-order valence-electron chi connectivity index (χ4n) is 3.10. The Morgan fingerprint density at radius 3 is 2.61 bits per heavy atom. The monoisotopic (exact) mass is 378 g/mol. The van der Waals surface area contributed by atoms with Crippen molar-refractivity contribution in [2.24, 2.45) is 0 Å². The van der Waals surface area contributed by atoms with E-state index >= 15 is 0 Å². The number of benzene rings is 2. The standard InChI is InChI=1S/C23H30N4O/c1-17(2)19-6-5-7-21(14-19)28-20-10-8-18(9-11-20)22-15-25-26-23(22)16-27(4)13-12-24-3/h5-11,14-15,17,24H,12-13,16H2,1-4H3,(H,25,26). The number of likely N-dealkylation sites (N-methyl/N-ethyl adjacent to an activating group) is 2. The summed E-state index contributed by atoms with van der Waals surface area (Å²) < 4.78 is 6.04. The minimum Gasteiger partial charge on any atom is -0.457 e. The number of aromatic amines is 1. The Labute approximate surface area is 167 Å². The van der Waals surface area contributed by atoms with E-state index in [0.717, 1.165) is 48.0 Å². The molecule has 0 bridgehead atoms. The molecule has 2 aromatic carbocycles. The Morgan fingerprint density at radius 1 is 1.11 bits per heavy atom. The quantitative estimate of drug-likeness (QED) is 0.569. The van der Waals surface area contributed by atoms with Gasteiger partial charge in [0.05, 0.1) is 5.69 Å². The Hall–Kier alpha value is -2.63. The van der Waals surface area contributed by atoms with E-state index in [2.05, 4.69) is 65.6 Å².